The number of sulfonamides is 1. The molecule has 0 spiro atoms. The van der Waals surface area contributed by atoms with E-state index in [9.17, 15) is 13.2 Å². The first-order chi connectivity index (χ1) is 10.1. The normalized spacial score (nSPS) is 21.2. The van der Waals surface area contributed by atoms with Crippen LogP contribution in [0.25, 0.3) is 0 Å². The average molecular weight is 311 g/mol. The smallest absolute Gasteiger partial charge is 0.267 e. The summed E-state index contributed by atoms with van der Waals surface area (Å²) in [6.45, 7) is 2.46. The van der Waals surface area contributed by atoms with Gasteiger partial charge in [0.25, 0.3) is 5.91 Å². The molecule has 0 saturated carbocycles. The van der Waals surface area contributed by atoms with E-state index in [0.29, 0.717) is 31.9 Å². The minimum absolute atomic E-state index is 0.190. The van der Waals surface area contributed by atoms with Gasteiger partial charge in [0.2, 0.25) is 10.0 Å². The van der Waals surface area contributed by atoms with Crippen LogP contribution in [0.15, 0.2) is 17.2 Å². The molecule has 1 N–H and O–H groups in total. The lowest BCUT2D eigenvalue weighted by Gasteiger charge is -2.18. The van der Waals surface area contributed by atoms with Crippen molar-refractivity contribution in [3.63, 3.8) is 0 Å². The van der Waals surface area contributed by atoms with Crippen LogP contribution in [0.5, 0.6) is 0 Å². The van der Waals surface area contributed by atoms with Gasteiger partial charge in [0.15, 0.2) is 0 Å². The van der Waals surface area contributed by atoms with Gasteiger partial charge in [0.05, 0.1) is 0 Å². The minimum atomic E-state index is -3.48. The number of carbonyl (C=O) groups excluding carboxylic acids is 1. The van der Waals surface area contributed by atoms with Crippen molar-refractivity contribution in [1.82, 2.24) is 14.2 Å². The zero-order chi connectivity index (χ0) is 14.9. The quantitative estimate of drug-likeness (QED) is 0.891. The molecular weight excluding hydrogens is 290 g/mol. The fraction of sp³-hybridized carbons (Fsp3) is 0.643. The molecule has 116 valence electrons. The molecule has 7 heteroatoms. The lowest BCUT2D eigenvalue weighted by Crippen LogP contribution is -2.31. The third-order valence-corrected chi connectivity index (χ3v) is 6.03. The molecule has 0 unspecified atom stereocenters. The fourth-order valence-electron chi connectivity index (χ4n) is 2.97. The number of rotatable bonds is 2. The van der Waals surface area contributed by atoms with Crippen LogP contribution in [0.1, 0.15) is 42.6 Å². The van der Waals surface area contributed by atoms with Crippen molar-refractivity contribution >= 4 is 15.9 Å². The maximum absolute atomic E-state index is 12.7. The van der Waals surface area contributed by atoms with Crippen LogP contribution in [0.2, 0.25) is 0 Å². The fourth-order valence-corrected chi connectivity index (χ4v) is 4.53. The Balaban J connectivity index is 1.92. The summed E-state index contributed by atoms with van der Waals surface area (Å²) in [6, 6.07) is 1.51. The van der Waals surface area contributed by atoms with E-state index in [1.54, 1.807) is 15.1 Å². The number of fused-ring (bicyclic) bond motifs is 1. The molecule has 2 aliphatic heterocycles. The van der Waals surface area contributed by atoms with Gasteiger partial charge in [-0.2, -0.15) is 4.31 Å². The number of aryl methyl sites for hydroxylation is 1. The number of hydrogen-bond acceptors (Lipinski definition) is 3. The highest BCUT2D eigenvalue weighted by molar-refractivity contribution is 7.89. The molecule has 0 aliphatic carbocycles. The largest absolute Gasteiger partial charge is 0.351 e. The Kier molecular flexibility index (Phi) is 4.03. The Morgan fingerprint density at radius 2 is 1.71 bits per heavy atom. The molecule has 1 aromatic heterocycles. The first-order valence-corrected chi connectivity index (χ1v) is 9.01. The Hall–Kier alpha value is -1.34. The zero-order valence-corrected chi connectivity index (χ0v) is 12.9. The first kappa shape index (κ1) is 14.6. The van der Waals surface area contributed by atoms with E-state index in [-0.39, 0.29) is 10.8 Å². The molecule has 6 nitrogen and oxygen atoms in total. The van der Waals surface area contributed by atoms with E-state index >= 15 is 0 Å². The summed E-state index contributed by atoms with van der Waals surface area (Å²) in [5.41, 5.74) is 0.445. The van der Waals surface area contributed by atoms with Crippen molar-refractivity contribution in [1.29, 1.82) is 0 Å². The van der Waals surface area contributed by atoms with Crippen LogP contribution in [-0.2, 0) is 16.6 Å². The standard InChI is InChI=1S/C14H21N3O3S/c18-14-13-10-12(11-16(13)7-5-6-15-14)21(19,20)17-8-3-1-2-4-9-17/h10-11H,1-9H2,(H,15,18). The highest BCUT2D eigenvalue weighted by Crippen LogP contribution is 2.23. The third kappa shape index (κ3) is 2.85. The van der Waals surface area contributed by atoms with Gasteiger partial charge < -0.3 is 9.88 Å². The van der Waals surface area contributed by atoms with E-state index in [1.165, 1.54) is 6.07 Å². The summed E-state index contributed by atoms with van der Waals surface area (Å²) in [7, 11) is -3.48. The maximum atomic E-state index is 12.7. The predicted octanol–water partition coefficient (Wildman–Crippen LogP) is 1.19. The van der Waals surface area contributed by atoms with Crippen LogP contribution in [0.4, 0.5) is 0 Å². The second kappa shape index (κ2) is 5.81. The van der Waals surface area contributed by atoms with Gasteiger partial charge in [0.1, 0.15) is 10.6 Å². The number of nitrogens with one attached hydrogen (secondary N) is 1. The Bertz CT molecular complexity index is 628. The summed E-state index contributed by atoms with van der Waals surface area (Å²) < 4.78 is 28.8. The van der Waals surface area contributed by atoms with Gasteiger partial charge in [-0.1, -0.05) is 12.8 Å². The van der Waals surface area contributed by atoms with Crippen LogP contribution in [0.3, 0.4) is 0 Å². The molecule has 1 saturated heterocycles. The highest BCUT2D eigenvalue weighted by atomic mass is 32.2. The van der Waals surface area contributed by atoms with Gasteiger partial charge in [-0.15, -0.1) is 0 Å². The van der Waals surface area contributed by atoms with Crippen molar-refractivity contribution in [2.75, 3.05) is 19.6 Å². The predicted molar refractivity (Wildman–Crippen MR) is 78.6 cm³/mol. The number of amides is 1. The zero-order valence-electron chi connectivity index (χ0n) is 12.0. The lowest BCUT2D eigenvalue weighted by atomic mass is 10.2. The Labute approximate surface area is 125 Å². The Morgan fingerprint density at radius 1 is 1.00 bits per heavy atom. The van der Waals surface area contributed by atoms with E-state index in [1.807, 2.05) is 0 Å². The topological polar surface area (TPSA) is 71.4 Å². The van der Waals surface area contributed by atoms with Crippen molar-refractivity contribution in [3.8, 4) is 0 Å². The number of nitrogens with zero attached hydrogens (tertiary/aromatic N) is 2. The molecule has 0 atom stereocenters. The third-order valence-electron chi connectivity index (χ3n) is 4.17. The molecule has 0 aromatic carbocycles. The molecule has 0 radical (unpaired) electrons. The molecular formula is C14H21N3O3S. The van der Waals surface area contributed by atoms with E-state index in [0.717, 1.165) is 32.1 Å². The molecule has 21 heavy (non-hydrogen) atoms. The van der Waals surface area contributed by atoms with Crippen molar-refractivity contribution in [3.05, 3.63) is 18.0 Å². The summed E-state index contributed by atoms with van der Waals surface area (Å²) in [6.07, 6.45) is 6.42. The second-order valence-corrected chi connectivity index (χ2v) is 7.62. The maximum Gasteiger partial charge on any atom is 0.267 e. The monoisotopic (exact) mass is 311 g/mol. The number of hydrogen-bond donors (Lipinski definition) is 1. The van der Waals surface area contributed by atoms with Gasteiger partial charge in [0, 0.05) is 32.4 Å². The van der Waals surface area contributed by atoms with E-state index < -0.39 is 10.0 Å². The van der Waals surface area contributed by atoms with Crippen LogP contribution in [0, 0.1) is 0 Å². The molecule has 3 heterocycles. The summed E-state index contributed by atoms with van der Waals surface area (Å²) in [5.74, 6) is -0.190. The molecule has 1 aromatic rings. The van der Waals surface area contributed by atoms with Crippen LogP contribution < -0.4 is 5.32 Å². The first-order valence-electron chi connectivity index (χ1n) is 7.57. The van der Waals surface area contributed by atoms with Crippen LogP contribution in [-0.4, -0.2) is 42.8 Å². The van der Waals surface area contributed by atoms with Crippen molar-refractivity contribution in [2.24, 2.45) is 0 Å². The lowest BCUT2D eigenvalue weighted by molar-refractivity contribution is 0.0951. The van der Waals surface area contributed by atoms with E-state index in [4.69, 9.17) is 0 Å². The van der Waals surface area contributed by atoms with Crippen molar-refractivity contribution in [2.45, 2.75) is 43.5 Å². The van der Waals surface area contributed by atoms with E-state index in [2.05, 4.69) is 5.32 Å². The molecule has 1 fully saturated rings. The molecule has 2 aliphatic rings. The van der Waals surface area contributed by atoms with Gasteiger partial charge in [-0.05, 0) is 25.3 Å². The molecule has 3 rings (SSSR count). The summed E-state index contributed by atoms with van der Waals surface area (Å²) in [5, 5.41) is 2.79. The van der Waals surface area contributed by atoms with Gasteiger partial charge in [-0.3, -0.25) is 4.79 Å². The second-order valence-electron chi connectivity index (χ2n) is 5.68. The van der Waals surface area contributed by atoms with Gasteiger partial charge >= 0.3 is 0 Å². The average Bonchev–Trinajstić information content (AvgIpc) is 2.63. The Morgan fingerprint density at radius 3 is 2.43 bits per heavy atom. The highest BCUT2D eigenvalue weighted by Gasteiger charge is 2.28. The molecule has 1 amide bonds. The summed E-state index contributed by atoms with van der Waals surface area (Å²) in [4.78, 5) is 12.2. The van der Waals surface area contributed by atoms with Gasteiger partial charge in [-0.25, -0.2) is 8.42 Å². The molecule has 0 bridgehead atoms. The number of aromatic nitrogens is 1. The number of carbonyl (C=O) groups is 1. The van der Waals surface area contributed by atoms with Crippen molar-refractivity contribution < 1.29 is 13.2 Å². The minimum Gasteiger partial charge on any atom is -0.351 e. The van der Waals surface area contributed by atoms with Crippen LogP contribution >= 0.6 is 0 Å². The summed E-state index contributed by atoms with van der Waals surface area (Å²) >= 11 is 0. The SMILES string of the molecule is O=C1NCCCn2cc(S(=O)(=O)N3CCCCCC3)cc21.